The Hall–Kier alpha value is -1.66. The zero-order valence-corrected chi connectivity index (χ0v) is 11.8. The van der Waals surface area contributed by atoms with E-state index in [4.69, 9.17) is 9.47 Å². The number of hydrogen-bond acceptors (Lipinski definition) is 5. The van der Waals surface area contributed by atoms with Crippen LogP contribution in [0.1, 0.15) is 18.4 Å². The van der Waals surface area contributed by atoms with Crippen molar-refractivity contribution in [2.24, 2.45) is 5.92 Å². The fourth-order valence-corrected chi connectivity index (χ4v) is 2.43. The molecule has 110 valence electrons. The Morgan fingerprint density at radius 3 is 2.75 bits per heavy atom. The molecule has 1 aliphatic rings. The molecule has 6 nitrogen and oxygen atoms in total. The standard InChI is InChI=1S/C14H20N2O4/c1-15-8-10-4-14(5-10)20-9-11-3-12(16(17)18)7-13(6-11)19-2/h3,6-7,10,14-15H,4-5,8-9H2,1-2H3. The van der Waals surface area contributed by atoms with Gasteiger partial charge in [-0.05, 0) is 44.0 Å². The molecule has 2 rings (SSSR count). The van der Waals surface area contributed by atoms with Gasteiger partial charge in [-0.1, -0.05) is 0 Å². The van der Waals surface area contributed by atoms with E-state index in [1.54, 1.807) is 6.07 Å². The van der Waals surface area contributed by atoms with Crippen molar-refractivity contribution in [3.63, 3.8) is 0 Å². The molecule has 0 unspecified atom stereocenters. The average molecular weight is 280 g/mol. The number of hydrogen-bond donors (Lipinski definition) is 1. The van der Waals surface area contributed by atoms with Crippen LogP contribution < -0.4 is 10.1 Å². The zero-order chi connectivity index (χ0) is 14.5. The zero-order valence-electron chi connectivity index (χ0n) is 11.8. The number of nitro groups is 1. The molecule has 0 bridgehead atoms. The number of nitrogens with zero attached hydrogens (tertiary/aromatic N) is 1. The van der Waals surface area contributed by atoms with Gasteiger partial charge in [-0.2, -0.15) is 0 Å². The lowest BCUT2D eigenvalue weighted by Gasteiger charge is -2.35. The molecule has 1 saturated carbocycles. The maximum absolute atomic E-state index is 10.8. The number of nitro benzene ring substituents is 1. The second kappa shape index (κ2) is 6.67. The van der Waals surface area contributed by atoms with Crippen LogP contribution in [0.5, 0.6) is 5.75 Å². The summed E-state index contributed by atoms with van der Waals surface area (Å²) in [5.41, 5.74) is 0.803. The van der Waals surface area contributed by atoms with E-state index in [-0.39, 0.29) is 11.8 Å². The lowest BCUT2D eigenvalue weighted by molar-refractivity contribution is -0.385. The molecule has 6 heteroatoms. The molecule has 0 saturated heterocycles. The Balaban J connectivity index is 1.89. The number of non-ortho nitro benzene ring substituents is 1. The summed E-state index contributed by atoms with van der Waals surface area (Å²) in [4.78, 5) is 10.4. The van der Waals surface area contributed by atoms with Gasteiger partial charge in [0.2, 0.25) is 0 Å². The highest BCUT2D eigenvalue weighted by molar-refractivity contribution is 5.42. The molecular weight excluding hydrogens is 260 g/mol. The molecule has 0 aromatic heterocycles. The first-order valence-electron chi connectivity index (χ1n) is 6.71. The Morgan fingerprint density at radius 2 is 2.15 bits per heavy atom. The van der Waals surface area contributed by atoms with E-state index in [0.717, 1.165) is 24.9 Å². The van der Waals surface area contributed by atoms with E-state index in [9.17, 15) is 10.1 Å². The summed E-state index contributed by atoms with van der Waals surface area (Å²) in [5, 5.41) is 14.0. The Bertz CT molecular complexity index is 472. The number of nitrogens with one attached hydrogen (secondary N) is 1. The van der Waals surface area contributed by atoms with Crippen molar-refractivity contribution in [2.75, 3.05) is 20.7 Å². The minimum absolute atomic E-state index is 0.0321. The highest BCUT2D eigenvalue weighted by Gasteiger charge is 2.29. The Labute approximate surface area is 118 Å². The third kappa shape index (κ3) is 3.68. The smallest absolute Gasteiger partial charge is 0.273 e. The van der Waals surface area contributed by atoms with Gasteiger partial charge in [0.25, 0.3) is 5.69 Å². The van der Waals surface area contributed by atoms with E-state index in [1.165, 1.54) is 19.2 Å². The van der Waals surface area contributed by atoms with Crippen LogP contribution in [0.15, 0.2) is 18.2 Å². The highest BCUT2D eigenvalue weighted by Crippen LogP contribution is 2.31. The minimum atomic E-state index is -0.418. The van der Waals surface area contributed by atoms with Crippen LogP contribution in [-0.4, -0.2) is 31.7 Å². The number of rotatable bonds is 7. The summed E-state index contributed by atoms with van der Waals surface area (Å²) in [5.74, 6) is 1.17. The van der Waals surface area contributed by atoms with Crippen LogP contribution in [-0.2, 0) is 11.3 Å². The van der Waals surface area contributed by atoms with Crippen molar-refractivity contribution < 1.29 is 14.4 Å². The minimum Gasteiger partial charge on any atom is -0.496 e. The average Bonchev–Trinajstić information content (AvgIpc) is 2.40. The molecule has 20 heavy (non-hydrogen) atoms. The van der Waals surface area contributed by atoms with Crippen LogP contribution in [0.2, 0.25) is 0 Å². The molecule has 1 fully saturated rings. The predicted molar refractivity (Wildman–Crippen MR) is 74.9 cm³/mol. The molecule has 1 aliphatic carbocycles. The number of methoxy groups -OCH3 is 1. The largest absolute Gasteiger partial charge is 0.496 e. The van der Waals surface area contributed by atoms with Gasteiger partial charge < -0.3 is 14.8 Å². The highest BCUT2D eigenvalue weighted by atomic mass is 16.6. The summed E-state index contributed by atoms with van der Waals surface area (Å²) in [6.07, 6.45) is 2.36. The SMILES string of the molecule is CNCC1CC(OCc2cc(OC)cc([N+](=O)[O-])c2)C1. The maximum Gasteiger partial charge on any atom is 0.273 e. The Kier molecular flexibility index (Phi) is 4.92. The van der Waals surface area contributed by atoms with E-state index in [2.05, 4.69) is 5.32 Å². The van der Waals surface area contributed by atoms with Gasteiger partial charge in [-0.3, -0.25) is 10.1 Å². The summed E-state index contributed by atoms with van der Waals surface area (Å²) in [7, 11) is 3.45. The second-order valence-corrected chi connectivity index (χ2v) is 5.12. The maximum atomic E-state index is 10.8. The van der Waals surface area contributed by atoms with Crippen LogP contribution in [0.3, 0.4) is 0 Å². The van der Waals surface area contributed by atoms with Gasteiger partial charge in [-0.25, -0.2) is 0 Å². The summed E-state index contributed by atoms with van der Waals surface area (Å²) < 4.78 is 10.8. The van der Waals surface area contributed by atoms with E-state index in [0.29, 0.717) is 18.3 Å². The molecule has 1 aromatic rings. The van der Waals surface area contributed by atoms with Gasteiger partial charge in [0.1, 0.15) is 5.75 Å². The summed E-state index contributed by atoms with van der Waals surface area (Å²) >= 11 is 0. The summed E-state index contributed by atoms with van der Waals surface area (Å²) in [6, 6.07) is 4.72. The molecule has 1 aromatic carbocycles. The van der Waals surface area contributed by atoms with Gasteiger partial charge in [0.05, 0.1) is 30.8 Å². The van der Waals surface area contributed by atoms with E-state index in [1.807, 2.05) is 7.05 Å². The number of ether oxygens (including phenoxy) is 2. The molecule has 0 radical (unpaired) electrons. The predicted octanol–water partition coefficient (Wildman–Crippen LogP) is 2.12. The van der Waals surface area contributed by atoms with Crippen molar-refractivity contribution >= 4 is 5.69 Å². The van der Waals surface area contributed by atoms with Gasteiger partial charge in [0.15, 0.2) is 0 Å². The van der Waals surface area contributed by atoms with Crippen LogP contribution in [0, 0.1) is 16.0 Å². The Morgan fingerprint density at radius 1 is 1.40 bits per heavy atom. The third-order valence-corrected chi connectivity index (χ3v) is 3.57. The lowest BCUT2D eigenvalue weighted by atomic mass is 9.82. The molecular formula is C14H20N2O4. The van der Waals surface area contributed by atoms with E-state index < -0.39 is 4.92 Å². The molecule has 0 aliphatic heterocycles. The monoisotopic (exact) mass is 280 g/mol. The van der Waals surface area contributed by atoms with Crippen molar-refractivity contribution in [2.45, 2.75) is 25.6 Å². The quantitative estimate of drug-likeness (QED) is 0.611. The lowest BCUT2D eigenvalue weighted by Crippen LogP contribution is -2.36. The van der Waals surface area contributed by atoms with Crippen molar-refractivity contribution in [3.8, 4) is 5.75 Å². The fourth-order valence-electron chi connectivity index (χ4n) is 2.43. The summed E-state index contributed by atoms with van der Waals surface area (Å²) in [6.45, 7) is 1.40. The van der Waals surface area contributed by atoms with E-state index >= 15 is 0 Å². The van der Waals surface area contributed by atoms with Gasteiger partial charge in [-0.15, -0.1) is 0 Å². The number of benzene rings is 1. The van der Waals surface area contributed by atoms with Crippen LogP contribution >= 0.6 is 0 Å². The molecule has 0 heterocycles. The molecule has 0 atom stereocenters. The first-order valence-corrected chi connectivity index (χ1v) is 6.71. The first-order chi connectivity index (χ1) is 9.62. The third-order valence-electron chi connectivity index (χ3n) is 3.57. The topological polar surface area (TPSA) is 73.6 Å². The second-order valence-electron chi connectivity index (χ2n) is 5.12. The molecule has 0 amide bonds. The van der Waals surface area contributed by atoms with Crippen LogP contribution in [0.25, 0.3) is 0 Å². The molecule has 1 N–H and O–H groups in total. The van der Waals surface area contributed by atoms with Gasteiger partial charge in [0, 0.05) is 6.07 Å². The van der Waals surface area contributed by atoms with Crippen molar-refractivity contribution in [1.82, 2.24) is 5.32 Å². The van der Waals surface area contributed by atoms with Crippen molar-refractivity contribution in [3.05, 3.63) is 33.9 Å². The van der Waals surface area contributed by atoms with Crippen molar-refractivity contribution in [1.29, 1.82) is 0 Å². The van der Waals surface area contributed by atoms with Gasteiger partial charge >= 0.3 is 0 Å². The fraction of sp³-hybridized carbons (Fsp3) is 0.571. The van der Waals surface area contributed by atoms with Crippen LogP contribution in [0.4, 0.5) is 5.69 Å². The normalized spacial score (nSPS) is 21.3. The first kappa shape index (κ1) is 14.7. The molecule has 0 spiro atoms.